The second-order valence-corrected chi connectivity index (χ2v) is 3.59. The number of hydrogen-bond donors (Lipinski definition) is 1. The van der Waals surface area contributed by atoms with Gasteiger partial charge >= 0.3 is 0 Å². The molecule has 0 aliphatic heterocycles. The lowest BCUT2D eigenvalue weighted by Crippen LogP contribution is -1.99. The summed E-state index contributed by atoms with van der Waals surface area (Å²) in [4.78, 5) is 0. The van der Waals surface area contributed by atoms with Gasteiger partial charge in [-0.1, -0.05) is 0 Å². The molecule has 72 valence electrons. The first-order chi connectivity index (χ1) is 6.68. The number of benzene rings is 1. The molecule has 2 N–H and O–H groups in total. The van der Waals surface area contributed by atoms with Gasteiger partial charge in [0, 0.05) is 18.1 Å². The summed E-state index contributed by atoms with van der Waals surface area (Å²) in [6.07, 6.45) is 4.09. The maximum atomic E-state index is 5.77. The Kier molecular flexibility index (Phi) is 2.04. The van der Waals surface area contributed by atoms with Crippen LogP contribution in [0.25, 0.3) is 5.69 Å². The van der Waals surface area contributed by atoms with Crippen LogP contribution in [0.2, 0.25) is 0 Å². The average Bonchev–Trinajstić information content (AvgIpc) is 2.54. The highest BCUT2D eigenvalue weighted by Crippen LogP contribution is 2.21. The minimum atomic E-state index is 0.830. The SMILES string of the molecule is Cc1cc(N)cc(C)c1-n1cccc1. The zero-order chi connectivity index (χ0) is 10.1. The molecule has 1 aromatic carbocycles. The van der Waals surface area contributed by atoms with Crippen LogP contribution in [0.3, 0.4) is 0 Å². The lowest BCUT2D eigenvalue weighted by molar-refractivity contribution is 1.04. The molecule has 2 aromatic rings. The fraction of sp³-hybridized carbons (Fsp3) is 0.167. The van der Waals surface area contributed by atoms with Gasteiger partial charge in [-0.2, -0.15) is 0 Å². The van der Waals surface area contributed by atoms with E-state index in [1.54, 1.807) is 0 Å². The third-order valence-electron chi connectivity index (χ3n) is 2.38. The van der Waals surface area contributed by atoms with Gasteiger partial charge in [-0.25, -0.2) is 0 Å². The first kappa shape index (κ1) is 8.88. The molecule has 0 amide bonds. The largest absolute Gasteiger partial charge is 0.399 e. The van der Waals surface area contributed by atoms with Gasteiger partial charge in [0.05, 0.1) is 5.69 Å². The van der Waals surface area contributed by atoms with Crippen molar-refractivity contribution in [3.8, 4) is 5.69 Å². The summed E-state index contributed by atoms with van der Waals surface area (Å²) in [5, 5.41) is 0. The molecule has 0 atom stereocenters. The summed E-state index contributed by atoms with van der Waals surface area (Å²) in [6, 6.07) is 8.05. The van der Waals surface area contributed by atoms with Gasteiger partial charge in [-0.3, -0.25) is 0 Å². The Morgan fingerprint density at radius 2 is 1.50 bits per heavy atom. The van der Waals surface area contributed by atoms with Gasteiger partial charge in [0.1, 0.15) is 0 Å². The quantitative estimate of drug-likeness (QED) is 0.682. The van der Waals surface area contributed by atoms with Crippen LogP contribution < -0.4 is 5.73 Å². The lowest BCUT2D eigenvalue weighted by atomic mass is 10.1. The summed E-state index contributed by atoms with van der Waals surface area (Å²) >= 11 is 0. The maximum absolute atomic E-state index is 5.77. The first-order valence-corrected chi connectivity index (χ1v) is 4.68. The lowest BCUT2D eigenvalue weighted by Gasteiger charge is -2.11. The average molecular weight is 186 g/mol. The topological polar surface area (TPSA) is 30.9 Å². The van der Waals surface area contributed by atoms with E-state index < -0.39 is 0 Å². The van der Waals surface area contributed by atoms with Gasteiger partial charge < -0.3 is 10.3 Å². The van der Waals surface area contributed by atoms with Crippen LogP contribution in [-0.2, 0) is 0 Å². The minimum Gasteiger partial charge on any atom is -0.399 e. The van der Waals surface area contributed by atoms with Gasteiger partial charge in [0.2, 0.25) is 0 Å². The number of nitrogens with zero attached hydrogens (tertiary/aromatic N) is 1. The second-order valence-electron chi connectivity index (χ2n) is 3.59. The fourth-order valence-corrected chi connectivity index (χ4v) is 1.88. The van der Waals surface area contributed by atoms with Gasteiger partial charge in [0.25, 0.3) is 0 Å². The number of nitrogens with two attached hydrogens (primary N) is 1. The highest BCUT2D eigenvalue weighted by Gasteiger charge is 2.04. The number of nitrogen functional groups attached to an aromatic ring is 1. The molecule has 0 spiro atoms. The molecule has 0 bridgehead atoms. The Balaban J connectivity index is 2.64. The van der Waals surface area contributed by atoms with E-state index in [1.165, 1.54) is 16.8 Å². The van der Waals surface area contributed by atoms with Crippen molar-refractivity contribution in [2.45, 2.75) is 13.8 Å². The van der Waals surface area contributed by atoms with Crippen LogP contribution in [0, 0.1) is 13.8 Å². The summed E-state index contributed by atoms with van der Waals surface area (Å²) in [5.74, 6) is 0. The van der Waals surface area contributed by atoms with Crippen LogP contribution in [0.5, 0.6) is 0 Å². The van der Waals surface area contributed by atoms with E-state index in [2.05, 4.69) is 18.4 Å². The number of anilines is 1. The summed E-state index contributed by atoms with van der Waals surface area (Å²) in [5.41, 5.74) is 10.2. The highest BCUT2D eigenvalue weighted by atomic mass is 14.9. The Bertz CT molecular complexity index is 418. The third-order valence-corrected chi connectivity index (χ3v) is 2.38. The predicted molar refractivity (Wildman–Crippen MR) is 59.7 cm³/mol. The summed E-state index contributed by atoms with van der Waals surface area (Å²) in [6.45, 7) is 4.16. The maximum Gasteiger partial charge on any atom is 0.0509 e. The standard InChI is InChI=1S/C12H14N2/c1-9-7-11(13)8-10(2)12(9)14-5-3-4-6-14/h3-8H,13H2,1-2H3. The van der Waals surface area contributed by atoms with Crippen molar-refractivity contribution < 1.29 is 0 Å². The molecule has 0 unspecified atom stereocenters. The van der Waals surface area contributed by atoms with Crippen LogP contribution in [0.4, 0.5) is 5.69 Å². The highest BCUT2D eigenvalue weighted by molar-refractivity contribution is 5.56. The van der Waals surface area contributed by atoms with E-state index in [1.807, 2.05) is 36.7 Å². The molecule has 0 radical (unpaired) electrons. The zero-order valence-electron chi connectivity index (χ0n) is 8.49. The molecule has 14 heavy (non-hydrogen) atoms. The minimum absolute atomic E-state index is 0.830. The monoisotopic (exact) mass is 186 g/mol. The molecular weight excluding hydrogens is 172 g/mol. The molecule has 2 heteroatoms. The van der Waals surface area contributed by atoms with Crippen molar-refractivity contribution in [1.29, 1.82) is 0 Å². The van der Waals surface area contributed by atoms with Crippen molar-refractivity contribution >= 4 is 5.69 Å². The smallest absolute Gasteiger partial charge is 0.0509 e. The van der Waals surface area contributed by atoms with Crippen molar-refractivity contribution in [3.05, 3.63) is 47.8 Å². The molecule has 0 aliphatic rings. The van der Waals surface area contributed by atoms with Crippen molar-refractivity contribution in [1.82, 2.24) is 4.57 Å². The molecule has 0 saturated carbocycles. The van der Waals surface area contributed by atoms with Crippen molar-refractivity contribution in [3.63, 3.8) is 0 Å². The second kappa shape index (κ2) is 3.22. The van der Waals surface area contributed by atoms with E-state index in [-0.39, 0.29) is 0 Å². The molecule has 1 aromatic heterocycles. The van der Waals surface area contributed by atoms with Gasteiger partial charge in [-0.15, -0.1) is 0 Å². The Hall–Kier alpha value is -1.70. The van der Waals surface area contributed by atoms with Crippen molar-refractivity contribution in [2.24, 2.45) is 0 Å². The van der Waals surface area contributed by atoms with E-state index in [9.17, 15) is 0 Å². The van der Waals surface area contributed by atoms with E-state index in [4.69, 9.17) is 5.73 Å². The van der Waals surface area contributed by atoms with Crippen LogP contribution in [-0.4, -0.2) is 4.57 Å². The normalized spacial score (nSPS) is 10.4. The molecule has 0 aliphatic carbocycles. The van der Waals surface area contributed by atoms with E-state index in [0.717, 1.165) is 5.69 Å². The van der Waals surface area contributed by atoms with Crippen LogP contribution in [0.1, 0.15) is 11.1 Å². The van der Waals surface area contributed by atoms with Crippen LogP contribution >= 0.6 is 0 Å². The summed E-state index contributed by atoms with van der Waals surface area (Å²) in [7, 11) is 0. The van der Waals surface area contributed by atoms with Gasteiger partial charge in [-0.05, 0) is 49.2 Å². The van der Waals surface area contributed by atoms with Crippen molar-refractivity contribution in [2.75, 3.05) is 5.73 Å². The molecule has 2 nitrogen and oxygen atoms in total. The third kappa shape index (κ3) is 1.39. The Morgan fingerprint density at radius 3 is 2.00 bits per heavy atom. The molecule has 2 rings (SSSR count). The van der Waals surface area contributed by atoms with Gasteiger partial charge in [0.15, 0.2) is 0 Å². The van der Waals surface area contributed by atoms with Crippen LogP contribution in [0.15, 0.2) is 36.7 Å². The predicted octanol–water partition coefficient (Wildman–Crippen LogP) is 2.68. The van der Waals surface area contributed by atoms with E-state index >= 15 is 0 Å². The summed E-state index contributed by atoms with van der Waals surface area (Å²) < 4.78 is 2.12. The number of aromatic nitrogens is 1. The molecule has 0 saturated heterocycles. The molecule has 0 fully saturated rings. The fourth-order valence-electron chi connectivity index (χ4n) is 1.88. The number of rotatable bonds is 1. The number of aryl methyl sites for hydroxylation is 2. The molecular formula is C12H14N2. The Morgan fingerprint density at radius 1 is 1.00 bits per heavy atom. The molecule has 1 heterocycles. The number of hydrogen-bond acceptors (Lipinski definition) is 1. The zero-order valence-corrected chi connectivity index (χ0v) is 8.49. The Labute approximate surface area is 84.0 Å². The first-order valence-electron chi connectivity index (χ1n) is 4.68. The van der Waals surface area contributed by atoms with E-state index in [0.29, 0.717) is 0 Å².